The average Bonchev–Trinajstić information content (AvgIpc) is 2.83. The van der Waals surface area contributed by atoms with Crippen molar-refractivity contribution in [1.82, 2.24) is 10.6 Å². The summed E-state index contributed by atoms with van der Waals surface area (Å²) in [4.78, 5) is 11.8. The molecular weight excluding hydrogens is 356 g/mol. The maximum atomic E-state index is 11.8. The van der Waals surface area contributed by atoms with Crippen LogP contribution in [0, 0.1) is 0 Å². The normalized spacial score (nSPS) is 22.7. The molecule has 0 radical (unpaired) electrons. The minimum absolute atomic E-state index is 0.189. The van der Waals surface area contributed by atoms with E-state index in [1.165, 1.54) is 5.56 Å². The minimum Gasteiger partial charge on any atom is -0.444 e. The predicted molar refractivity (Wildman–Crippen MR) is 96.5 cm³/mol. The van der Waals surface area contributed by atoms with Gasteiger partial charge >= 0.3 is 6.09 Å². The highest BCUT2D eigenvalue weighted by Gasteiger charge is 2.28. The Hall–Kier alpha value is -1.07. The Labute approximate surface area is 147 Å². The number of amides is 1. The SMILES string of the molecule is C[C@H](NC1CCC(NC(=O)OC(C)(C)C)C1)c1ccccc1Br. The molecule has 4 nitrogen and oxygen atoms in total. The van der Waals surface area contributed by atoms with Crippen LogP contribution in [-0.2, 0) is 4.74 Å². The van der Waals surface area contributed by atoms with Crippen molar-refractivity contribution in [2.24, 2.45) is 0 Å². The average molecular weight is 383 g/mol. The summed E-state index contributed by atoms with van der Waals surface area (Å²) in [6, 6.07) is 9.15. The Morgan fingerprint density at radius 1 is 1.26 bits per heavy atom. The highest BCUT2D eigenvalue weighted by atomic mass is 79.9. The van der Waals surface area contributed by atoms with Crippen molar-refractivity contribution in [2.75, 3.05) is 0 Å². The highest BCUT2D eigenvalue weighted by molar-refractivity contribution is 9.10. The number of carbonyl (C=O) groups excluding carboxylic acids is 1. The molecule has 23 heavy (non-hydrogen) atoms. The van der Waals surface area contributed by atoms with E-state index in [1.807, 2.05) is 26.8 Å². The summed E-state index contributed by atoms with van der Waals surface area (Å²) in [6.07, 6.45) is 2.67. The first-order valence-corrected chi connectivity index (χ1v) is 9.04. The Morgan fingerprint density at radius 3 is 2.57 bits per heavy atom. The van der Waals surface area contributed by atoms with E-state index in [4.69, 9.17) is 4.74 Å². The molecule has 0 heterocycles. The molecule has 0 spiro atoms. The fraction of sp³-hybridized carbons (Fsp3) is 0.611. The summed E-state index contributed by atoms with van der Waals surface area (Å²) in [5, 5.41) is 6.64. The van der Waals surface area contributed by atoms with Crippen molar-refractivity contribution in [3.05, 3.63) is 34.3 Å². The fourth-order valence-electron chi connectivity index (χ4n) is 3.01. The highest BCUT2D eigenvalue weighted by Crippen LogP contribution is 2.26. The molecule has 1 saturated carbocycles. The summed E-state index contributed by atoms with van der Waals surface area (Å²) in [6.45, 7) is 7.82. The molecule has 1 amide bonds. The van der Waals surface area contributed by atoms with Crippen LogP contribution >= 0.6 is 15.9 Å². The van der Waals surface area contributed by atoms with Crippen LogP contribution in [0.15, 0.2) is 28.7 Å². The molecule has 3 atom stereocenters. The van der Waals surface area contributed by atoms with Crippen LogP contribution in [0.1, 0.15) is 58.6 Å². The third-order valence-electron chi connectivity index (χ3n) is 4.01. The number of alkyl carbamates (subject to hydrolysis) is 1. The molecule has 128 valence electrons. The van der Waals surface area contributed by atoms with E-state index in [0.29, 0.717) is 6.04 Å². The molecule has 2 rings (SSSR count). The Morgan fingerprint density at radius 2 is 1.91 bits per heavy atom. The first-order valence-electron chi connectivity index (χ1n) is 8.24. The largest absolute Gasteiger partial charge is 0.444 e. The van der Waals surface area contributed by atoms with Crippen LogP contribution in [0.5, 0.6) is 0 Å². The third kappa shape index (κ3) is 5.81. The predicted octanol–water partition coefficient (Wildman–Crippen LogP) is 4.55. The second-order valence-corrected chi connectivity index (χ2v) is 8.12. The van der Waals surface area contributed by atoms with Gasteiger partial charge in [0.25, 0.3) is 0 Å². The smallest absolute Gasteiger partial charge is 0.407 e. The maximum absolute atomic E-state index is 11.8. The van der Waals surface area contributed by atoms with Gasteiger partial charge in [0, 0.05) is 22.6 Å². The first-order chi connectivity index (χ1) is 10.7. The summed E-state index contributed by atoms with van der Waals surface area (Å²) in [5.74, 6) is 0. The molecular formula is C18H27BrN2O2. The number of halogens is 1. The van der Waals surface area contributed by atoms with Gasteiger partial charge in [-0.05, 0) is 58.6 Å². The standard InChI is InChI=1S/C18H27BrN2O2/c1-12(15-7-5-6-8-16(15)19)20-13-9-10-14(11-13)21-17(22)23-18(2,3)4/h5-8,12-14,20H,9-11H2,1-4H3,(H,21,22)/t12-,13?,14?/m0/s1. The van der Waals surface area contributed by atoms with Crippen LogP contribution < -0.4 is 10.6 Å². The second kappa shape index (κ2) is 7.67. The van der Waals surface area contributed by atoms with E-state index in [9.17, 15) is 4.79 Å². The molecule has 1 aromatic rings. The summed E-state index contributed by atoms with van der Waals surface area (Å²) in [7, 11) is 0. The Kier molecular flexibility index (Phi) is 6.09. The lowest BCUT2D eigenvalue weighted by molar-refractivity contribution is 0.0505. The molecule has 1 aliphatic carbocycles. The quantitative estimate of drug-likeness (QED) is 0.802. The van der Waals surface area contributed by atoms with Gasteiger partial charge in [0.2, 0.25) is 0 Å². The number of ether oxygens (including phenoxy) is 1. The van der Waals surface area contributed by atoms with Crippen LogP contribution in [0.4, 0.5) is 4.79 Å². The molecule has 2 unspecified atom stereocenters. The molecule has 0 aliphatic heterocycles. The first kappa shape index (κ1) is 18.3. The molecule has 1 aliphatic rings. The van der Waals surface area contributed by atoms with Crippen molar-refractivity contribution in [1.29, 1.82) is 0 Å². The van der Waals surface area contributed by atoms with Gasteiger partial charge in [-0.25, -0.2) is 4.79 Å². The number of hydrogen-bond donors (Lipinski definition) is 2. The van der Waals surface area contributed by atoms with Crippen LogP contribution in [0.25, 0.3) is 0 Å². The van der Waals surface area contributed by atoms with E-state index < -0.39 is 5.60 Å². The van der Waals surface area contributed by atoms with E-state index in [1.54, 1.807) is 0 Å². The molecule has 0 bridgehead atoms. The van der Waals surface area contributed by atoms with Crippen molar-refractivity contribution in [2.45, 2.75) is 70.7 Å². The van der Waals surface area contributed by atoms with Gasteiger partial charge in [0.05, 0.1) is 0 Å². The number of benzene rings is 1. The number of carbonyl (C=O) groups is 1. The molecule has 2 N–H and O–H groups in total. The third-order valence-corrected chi connectivity index (χ3v) is 4.73. The van der Waals surface area contributed by atoms with Gasteiger partial charge in [-0.1, -0.05) is 34.1 Å². The van der Waals surface area contributed by atoms with Gasteiger partial charge in [-0.2, -0.15) is 0 Å². The van der Waals surface area contributed by atoms with E-state index >= 15 is 0 Å². The number of rotatable bonds is 4. The summed E-state index contributed by atoms with van der Waals surface area (Å²) < 4.78 is 6.45. The van der Waals surface area contributed by atoms with Gasteiger partial charge in [-0.3, -0.25) is 0 Å². The van der Waals surface area contributed by atoms with Gasteiger partial charge in [0.1, 0.15) is 5.60 Å². The molecule has 1 fully saturated rings. The van der Waals surface area contributed by atoms with Crippen LogP contribution in [0.2, 0.25) is 0 Å². The lowest BCUT2D eigenvalue weighted by Crippen LogP contribution is -2.39. The molecule has 5 heteroatoms. The van der Waals surface area contributed by atoms with E-state index in [-0.39, 0.29) is 18.2 Å². The lowest BCUT2D eigenvalue weighted by atomic mass is 10.1. The molecule has 0 aromatic heterocycles. The van der Waals surface area contributed by atoms with Gasteiger partial charge < -0.3 is 15.4 Å². The van der Waals surface area contributed by atoms with Crippen molar-refractivity contribution in [3.63, 3.8) is 0 Å². The zero-order valence-electron chi connectivity index (χ0n) is 14.4. The summed E-state index contributed by atoms with van der Waals surface area (Å²) >= 11 is 3.61. The van der Waals surface area contributed by atoms with Gasteiger partial charge in [-0.15, -0.1) is 0 Å². The zero-order valence-corrected chi connectivity index (χ0v) is 15.9. The Balaban J connectivity index is 1.81. The van der Waals surface area contributed by atoms with E-state index in [0.717, 1.165) is 23.7 Å². The topological polar surface area (TPSA) is 50.4 Å². The summed E-state index contributed by atoms with van der Waals surface area (Å²) in [5.41, 5.74) is 0.810. The van der Waals surface area contributed by atoms with Gasteiger partial charge in [0.15, 0.2) is 0 Å². The number of nitrogens with one attached hydrogen (secondary N) is 2. The minimum atomic E-state index is -0.450. The number of hydrogen-bond acceptors (Lipinski definition) is 3. The zero-order chi connectivity index (χ0) is 17.0. The Bertz CT molecular complexity index is 542. The van der Waals surface area contributed by atoms with Crippen LogP contribution in [0.3, 0.4) is 0 Å². The maximum Gasteiger partial charge on any atom is 0.407 e. The van der Waals surface area contributed by atoms with Crippen molar-refractivity contribution >= 4 is 22.0 Å². The van der Waals surface area contributed by atoms with Crippen molar-refractivity contribution < 1.29 is 9.53 Å². The van der Waals surface area contributed by atoms with Crippen molar-refractivity contribution in [3.8, 4) is 0 Å². The second-order valence-electron chi connectivity index (χ2n) is 7.26. The fourth-order valence-corrected chi connectivity index (χ4v) is 3.64. The van der Waals surface area contributed by atoms with E-state index in [2.05, 4.69) is 51.7 Å². The molecule has 1 aromatic carbocycles. The lowest BCUT2D eigenvalue weighted by Gasteiger charge is -2.23. The molecule has 0 saturated heterocycles. The monoisotopic (exact) mass is 382 g/mol. The van der Waals surface area contributed by atoms with Crippen LogP contribution in [-0.4, -0.2) is 23.8 Å².